The molecule has 0 aliphatic heterocycles. The second-order valence-corrected chi connectivity index (χ2v) is 7.00. The fraction of sp³-hybridized carbons (Fsp3) is 0.0909. The van der Waals surface area contributed by atoms with Gasteiger partial charge < -0.3 is 0 Å². The van der Waals surface area contributed by atoms with Gasteiger partial charge in [0.1, 0.15) is 0 Å². The van der Waals surface area contributed by atoms with E-state index in [4.69, 9.17) is 11.6 Å². The molecule has 1 aromatic carbocycles. The van der Waals surface area contributed by atoms with E-state index >= 15 is 0 Å². The van der Waals surface area contributed by atoms with Crippen molar-refractivity contribution in [3.8, 4) is 0 Å². The molecule has 2 aromatic rings. The minimum absolute atomic E-state index is 0.260. The SMILES string of the molecule is Fc1cccc(C(Br)c2cc(Cl)c(Br)s2)c1F. The molecule has 0 nitrogen and oxygen atoms in total. The average molecular weight is 402 g/mol. The predicted octanol–water partition coefficient (Wildman–Crippen LogP) is 5.93. The Morgan fingerprint density at radius 3 is 2.59 bits per heavy atom. The van der Waals surface area contributed by atoms with Crippen molar-refractivity contribution < 1.29 is 8.78 Å². The van der Waals surface area contributed by atoms with E-state index < -0.39 is 16.5 Å². The maximum absolute atomic E-state index is 13.6. The van der Waals surface area contributed by atoms with E-state index in [-0.39, 0.29) is 5.56 Å². The smallest absolute Gasteiger partial charge is 0.163 e. The summed E-state index contributed by atoms with van der Waals surface area (Å²) in [6.45, 7) is 0. The summed E-state index contributed by atoms with van der Waals surface area (Å²) in [6.07, 6.45) is 0. The summed E-state index contributed by atoms with van der Waals surface area (Å²) in [6, 6.07) is 5.83. The van der Waals surface area contributed by atoms with Crippen LogP contribution in [0.4, 0.5) is 8.78 Å². The molecular weight excluding hydrogens is 397 g/mol. The number of thiophene rings is 1. The molecule has 1 unspecified atom stereocenters. The predicted molar refractivity (Wildman–Crippen MR) is 74.2 cm³/mol. The molecule has 1 atom stereocenters. The normalized spacial score (nSPS) is 12.8. The van der Waals surface area contributed by atoms with E-state index in [1.165, 1.54) is 17.4 Å². The van der Waals surface area contributed by atoms with Crippen LogP contribution in [0.1, 0.15) is 15.3 Å². The molecule has 6 heteroatoms. The summed E-state index contributed by atoms with van der Waals surface area (Å²) in [5, 5.41) is 0.561. The highest BCUT2D eigenvalue weighted by Crippen LogP contribution is 2.41. The van der Waals surface area contributed by atoms with Gasteiger partial charge in [0, 0.05) is 10.4 Å². The Balaban J connectivity index is 2.43. The lowest BCUT2D eigenvalue weighted by molar-refractivity contribution is 0.501. The minimum Gasteiger partial charge on any atom is -0.204 e. The van der Waals surface area contributed by atoms with Gasteiger partial charge in [0.15, 0.2) is 11.6 Å². The molecule has 0 bridgehead atoms. The molecule has 0 spiro atoms. The first-order valence-corrected chi connectivity index (χ1v) is 7.43. The summed E-state index contributed by atoms with van der Waals surface area (Å²) in [7, 11) is 0. The summed E-state index contributed by atoms with van der Waals surface area (Å²) in [4.78, 5) is 0.401. The zero-order valence-electron chi connectivity index (χ0n) is 8.18. The molecule has 1 heterocycles. The molecule has 0 saturated heterocycles. The number of hydrogen-bond acceptors (Lipinski definition) is 1. The van der Waals surface area contributed by atoms with Gasteiger partial charge in [-0.1, -0.05) is 39.7 Å². The molecule has 0 saturated carbocycles. The quantitative estimate of drug-likeness (QED) is 0.547. The molecule has 0 aliphatic rings. The Hall–Kier alpha value is 0.0300. The number of alkyl halides is 1. The van der Waals surface area contributed by atoms with Gasteiger partial charge in [0.2, 0.25) is 0 Å². The largest absolute Gasteiger partial charge is 0.204 e. The molecule has 0 fully saturated rings. The molecule has 0 N–H and O–H groups in total. The Kier molecular flexibility index (Phi) is 4.23. The van der Waals surface area contributed by atoms with Crippen molar-refractivity contribution in [3.63, 3.8) is 0 Å². The lowest BCUT2D eigenvalue weighted by Crippen LogP contribution is -1.97. The third-order valence-corrected chi connectivity index (χ3v) is 6.00. The van der Waals surface area contributed by atoms with Crippen LogP contribution in [-0.4, -0.2) is 0 Å². The van der Waals surface area contributed by atoms with E-state index in [0.717, 1.165) is 14.7 Å². The molecule has 17 heavy (non-hydrogen) atoms. The van der Waals surface area contributed by atoms with Crippen molar-refractivity contribution in [2.45, 2.75) is 4.83 Å². The molecule has 0 amide bonds. The Morgan fingerprint density at radius 2 is 2.00 bits per heavy atom. The fourth-order valence-corrected chi connectivity index (χ4v) is 3.87. The van der Waals surface area contributed by atoms with Gasteiger partial charge in [-0.15, -0.1) is 11.3 Å². The van der Waals surface area contributed by atoms with E-state index in [9.17, 15) is 8.78 Å². The van der Waals surface area contributed by atoms with Crippen LogP contribution >= 0.6 is 54.8 Å². The standard InChI is InChI=1S/C11H5Br2ClF2S/c12-9(8-4-6(14)11(13)17-8)5-2-1-3-7(15)10(5)16/h1-4,9H. The maximum Gasteiger partial charge on any atom is 0.163 e. The summed E-state index contributed by atoms with van der Waals surface area (Å²) >= 11 is 13.9. The highest BCUT2D eigenvalue weighted by atomic mass is 79.9. The van der Waals surface area contributed by atoms with Crippen LogP contribution < -0.4 is 0 Å². The summed E-state index contributed by atoms with van der Waals surface area (Å²) in [5.41, 5.74) is 0.260. The lowest BCUT2D eigenvalue weighted by atomic mass is 10.1. The monoisotopic (exact) mass is 400 g/mol. The zero-order valence-corrected chi connectivity index (χ0v) is 12.9. The second kappa shape index (κ2) is 5.34. The number of rotatable bonds is 2. The third-order valence-electron chi connectivity index (χ3n) is 2.17. The summed E-state index contributed by atoms with van der Waals surface area (Å²) in [5.74, 6) is -1.69. The van der Waals surface area contributed by atoms with E-state index in [2.05, 4.69) is 31.9 Å². The zero-order chi connectivity index (χ0) is 12.6. The molecule has 0 aliphatic carbocycles. The van der Waals surface area contributed by atoms with Crippen molar-refractivity contribution >= 4 is 54.8 Å². The highest BCUT2D eigenvalue weighted by molar-refractivity contribution is 9.11. The van der Waals surface area contributed by atoms with Crippen molar-refractivity contribution in [1.29, 1.82) is 0 Å². The second-order valence-electron chi connectivity index (χ2n) is 3.28. The van der Waals surface area contributed by atoms with Gasteiger partial charge in [0.05, 0.1) is 13.6 Å². The molecule has 90 valence electrons. The summed E-state index contributed by atoms with van der Waals surface area (Å²) < 4.78 is 27.5. The van der Waals surface area contributed by atoms with Gasteiger partial charge in [-0.05, 0) is 28.1 Å². The van der Waals surface area contributed by atoms with E-state index in [0.29, 0.717) is 5.02 Å². The van der Waals surface area contributed by atoms with Crippen LogP contribution in [0.3, 0.4) is 0 Å². The van der Waals surface area contributed by atoms with Gasteiger partial charge >= 0.3 is 0 Å². The number of hydrogen-bond donors (Lipinski definition) is 0. The van der Waals surface area contributed by atoms with Crippen LogP contribution in [0.2, 0.25) is 5.02 Å². The average Bonchev–Trinajstić information content (AvgIpc) is 2.62. The molecular formula is C11H5Br2ClF2S. The van der Waals surface area contributed by atoms with Gasteiger partial charge in [-0.2, -0.15) is 0 Å². The lowest BCUT2D eigenvalue weighted by Gasteiger charge is -2.09. The molecule has 0 radical (unpaired) electrons. The van der Waals surface area contributed by atoms with Crippen LogP contribution in [0, 0.1) is 11.6 Å². The Labute approximate surface area is 123 Å². The number of benzene rings is 1. The van der Waals surface area contributed by atoms with Crippen LogP contribution in [0.15, 0.2) is 28.1 Å². The Bertz CT molecular complexity index is 537. The van der Waals surface area contributed by atoms with Gasteiger partial charge in [-0.3, -0.25) is 0 Å². The van der Waals surface area contributed by atoms with E-state index in [1.807, 2.05) is 0 Å². The van der Waals surface area contributed by atoms with Crippen LogP contribution in [0.5, 0.6) is 0 Å². The Morgan fingerprint density at radius 1 is 1.29 bits per heavy atom. The van der Waals surface area contributed by atoms with Crippen molar-refractivity contribution in [3.05, 3.63) is 55.1 Å². The van der Waals surface area contributed by atoms with Gasteiger partial charge in [-0.25, -0.2) is 8.78 Å². The topological polar surface area (TPSA) is 0 Å². The van der Waals surface area contributed by atoms with Crippen molar-refractivity contribution in [1.82, 2.24) is 0 Å². The number of halogens is 5. The minimum atomic E-state index is -0.853. The first-order chi connectivity index (χ1) is 8.00. The van der Waals surface area contributed by atoms with Crippen molar-refractivity contribution in [2.24, 2.45) is 0 Å². The highest BCUT2D eigenvalue weighted by Gasteiger charge is 2.20. The first kappa shape index (κ1) is 13.5. The van der Waals surface area contributed by atoms with Gasteiger partial charge in [0.25, 0.3) is 0 Å². The third kappa shape index (κ3) is 2.72. The van der Waals surface area contributed by atoms with Crippen molar-refractivity contribution in [2.75, 3.05) is 0 Å². The fourth-order valence-electron chi connectivity index (χ4n) is 1.36. The maximum atomic E-state index is 13.6. The van der Waals surface area contributed by atoms with Crippen LogP contribution in [0.25, 0.3) is 0 Å². The molecule has 1 aromatic heterocycles. The van der Waals surface area contributed by atoms with Crippen LogP contribution in [-0.2, 0) is 0 Å². The van der Waals surface area contributed by atoms with E-state index in [1.54, 1.807) is 12.1 Å². The molecule has 2 rings (SSSR count). The first-order valence-electron chi connectivity index (χ1n) is 4.53.